The quantitative estimate of drug-likeness (QED) is 0.923. The SMILES string of the molecule is C[C@H](Oc1ccc2ccccc2c1)C(=O)NC[C@H]1CCCO1. The molecule has 22 heavy (non-hydrogen) atoms. The average molecular weight is 299 g/mol. The van der Waals surface area contributed by atoms with Crippen LogP contribution in [0.25, 0.3) is 10.8 Å². The molecule has 1 N–H and O–H groups in total. The lowest BCUT2D eigenvalue weighted by Gasteiger charge is -2.17. The van der Waals surface area contributed by atoms with Crippen LogP contribution in [-0.2, 0) is 9.53 Å². The van der Waals surface area contributed by atoms with Crippen molar-refractivity contribution in [3.8, 4) is 5.75 Å². The van der Waals surface area contributed by atoms with Crippen molar-refractivity contribution in [3.05, 3.63) is 42.5 Å². The van der Waals surface area contributed by atoms with E-state index in [0.29, 0.717) is 12.3 Å². The van der Waals surface area contributed by atoms with E-state index in [0.717, 1.165) is 30.2 Å². The molecule has 0 spiro atoms. The Hall–Kier alpha value is -2.07. The summed E-state index contributed by atoms with van der Waals surface area (Å²) in [6.07, 6.45) is 1.71. The molecule has 1 fully saturated rings. The van der Waals surface area contributed by atoms with Crippen LogP contribution in [0.15, 0.2) is 42.5 Å². The van der Waals surface area contributed by atoms with Gasteiger partial charge < -0.3 is 14.8 Å². The van der Waals surface area contributed by atoms with Gasteiger partial charge in [-0.1, -0.05) is 30.3 Å². The van der Waals surface area contributed by atoms with Crippen molar-refractivity contribution in [1.82, 2.24) is 5.32 Å². The van der Waals surface area contributed by atoms with Crippen molar-refractivity contribution in [2.45, 2.75) is 32.0 Å². The number of ether oxygens (including phenoxy) is 2. The molecule has 2 aromatic rings. The number of benzene rings is 2. The van der Waals surface area contributed by atoms with Crippen LogP contribution in [0.5, 0.6) is 5.75 Å². The number of hydrogen-bond acceptors (Lipinski definition) is 3. The number of hydrogen-bond donors (Lipinski definition) is 1. The van der Waals surface area contributed by atoms with Gasteiger partial charge in [-0.2, -0.15) is 0 Å². The zero-order valence-corrected chi connectivity index (χ0v) is 12.7. The Labute approximate surface area is 130 Å². The number of amides is 1. The molecule has 0 aliphatic carbocycles. The Morgan fingerprint density at radius 2 is 2.14 bits per heavy atom. The summed E-state index contributed by atoms with van der Waals surface area (Å²) < 4.78 is 11.2. The van der Waals surface area contributed by atoms with Crippen LogP contribution in [0.4, 0.5) is 0 Å². The largest absolute Gasteiger partial charge is 0.481 e. The van der Waals surface area contributed by atoms with E-state index >= 15 is 0 Å². The fraction of sp³-hybridized carbons (Fsp3) is 0.389. The molecule has 1 saturated heterocycles. The third-order valence-corrected chi connectivity index (χ3v) is 3.93. The summed E-state index contributed by atoms with van der Waals surface area (Å²) in [5, 5.41) is 5.15. The van der Waals surface area contributed by atoms with Crippen LogP contribution in [0.2, 0.25) is 0 Å². The van der Waals surface area contributed by atoms with Crippen LogP contribution >= 0.6 is 0 Å². The summed E-state index contributed by atoms with van der Waals surface area (Å²) in [7, 11) is 0. The van der Waals surface area contributed by atoms with E-state index in [9.17, 15) is 4.79 Å². The van der Waals surface area contributed by atoms with Crippen molar-refractivity contribution >= 4 is 16.7 Å². The van der Waals surface area contributed by atoms with Crippen molar-refractivity contribution < 1.29 is 14.3 Å². The number of fused-ring (bicyclic) bond motifs is 1. The molecule has 0 saturated carbocycles. The van der Waals surface area contributed by atoms with Crippen LogP contribution in [-0.4, -0.2) is 31.3 Å². The maximum atomic E-state index is 12.1. The minimum atomic E-state index is -0.525. The molecule has 0 bridgehead atoms. The van der Waals surface area contributed by atoms with Gasteiger partial charge in [0.05, 0.1) is 6.10 Å². The molecule has 3 rings (SSSR count). The maximum Gasteiger partial charge on any atom is 0.260 e. The van der Waals surface area contributed by atoms with Gasteiger partial charge in [-0.3, -0.25) is 4.79 Å². The van der Waals surface area contributed by atoms with Crippen molar-refractivity contribution in [2.75, 3.05) is 13.2 Å². The number of carbonyl (C=O) groups is 1. The van der Waals surface area contributed by atoms with Crippen molar-refractivity contribution in [3.63, 3.8) is 0 Å². The first-order valence-corrected chi connectivity index (χ1v) is 7.77. The molecular formula is C18H21NO3. The number of rotatable bonds is 5. The summed E-state index contributed by atoms with van der Waals surface area (Å²) in [5.74, 6) is 0.599. The van der Waals surface area contributed by atoms with Gasteiger partial charge in [0.2, 0.25) is 0 Å². The Morgan fingerprint density at radius 3 is 2.91 bits per heavy atom. The molecule has 1 aliphatic heterocycles. The van der Waals surface area contributed by atoms with Gasteiger partial charge >= 0.3 is 0 Å². The monoisotopic (exact) mass is 299 g/mol. The number of carbonyl (C=O) groups excluding carboxylic acids is 1. The van der Waals surface area contributed by atoms with Crippen molar-refractivity contribution in [2.24, 2.45) is 0 Å². The van der Waals surface area contributed by atoms with Crippen LogP contribution < -0.4 is 10.1 Å². The lowest BCUT2D eigenvalue weighted by molar-refractivity contribution is -0.127. The zero-order chi connectivity index (χ0) is 15.4. The van der Waals surface area contributed by atoms with E-state index in [1.165, 1.54) is 0 Å². The third kappa shape index (κ3) is 3.57. The summed E-state index contributed by atoms with van der Waals surface area (Å²) in [5.41, 5.74) is 0. The van der Waals surface area contributed by atoms with Gasteiger partial charge in [0.15, 0.2) is 6.10 Å². The van der Waals surface area contributed by atoms with Crippen LogP contribution in [0.3, 0.4) is 0 Å². The lowest BCUT2D eigenvalue weighted by atomic mass is 10.1. The molecule has 1 aliphatic rings. The van der Waals surface area contributed by atoms with Gasteiger partial charge in [-0.05, 0) is 42.7 Å². The van der Waals surface area contributed by atoms with E-state index in [2.05, 4.69) is 11.4 Å². The first-order chi connectivity index (χ1) is 10.7. The second-order valence-electron chi connectivity index (χ2n) is 5.65. The maximum absolute atomic E-state index is 12.1. The Kier molecular flexibility index (Phi) is 4.59. The highest BCUT2D eigenvalue weighted by Gasteiger charge is 2.19. The van der Waals surface area contributed by atoms with E-state index in [-0.39, 0.29) is 12.0 Å². The predicted octanol–water partition coefficient (Wildman–Crippen LogP) is 2.90. The second kappa shape index (κ2) is 6.79. The molecule has 2 atom stereocenters. The topological polar surface area (TPSA) is 47.6 Å². The second-order valence-corrected chi connectivity index (χ2v) is 5.65. The van der Waals surface area contributed by atoms with Gasteiger partial charge in [0, 0.05) is 13.2 Å². The molecule has 1 heterocycles. The Morgan fingerprint density at radius 1 is 1.32 bits per heavy atom. The van der Waals surface area contributed by atoms with Gasteiger partial charge in [0.1, 0.15) is 5.75 Å². The summed E-state index contributed by atoms with van der Waals surface area (Å²) in [4.78, 5) is 12.1. The van der Waals surface area contributed by atoms with Gasteiger partial charge in [-0.25, -0.2) is 0 Å². The van der Waals surface area contributed by atoms with E-state index < -0.39 is 6.10 Å². The molecule has 2 aromatic carbocycles. The first-order valence-electron chi connectivity index (χ1n) is 7.77. The van der Waals surface area contributed by atoms with Crippen molar-refractivity contribution in [1.29, 1.82) is 0 Å². The van der Waals surface area contributed by atoms with Crippen LogP contribution in [0.1, 0.15) is 19.8 Å². The Balaban J connectivity index is 1.57. The average Bonchev–Trinajstić information content (AvgIpc) is 3.06. The Bertz CT molecular complexity index is 650. The fourth-order valence-corrected chi connectivity index (χ4v) is 2.66. The standard InChI is InChI=1S/C18H21NO3/c1-13(18(20)19-12-17-7-4-10-21-17)22-16-9-8-14-5-2-3-6-15(14)11-16/h2-3,5-6,8-9,11,13,17H,4,7,10,12H2,1H3,(H,19,20)/t13-,17+/m0/s1. The van der Waals surface area contributed by atoms with E-state index in [1.807, 2.05) is 36.4 Å². The molecule has 4 heteroatoms. The molecule has 1 amide bonds. The molecule has 116 valence electrons. The smallest absolute Gasteiger partial charge is 0.260 e. The molecular weight excluding hydrogens is 278 g/mol. The minimum absolute atomic E-state index is 0.108. The highest BCUT2D eigenvalue weighted by molar-refractivity contribution is 5.84. The fourth-order valence-electron chi connectivity index (χ4n) is 2.66. The zero-order valence-electron chi connectivity index (χ0n) is 12.7. The number of nitrogens with one attached hydrogen (secondary N) is 1. The molecule has 0 radical (unpaired) electrons. The lowest BCUT2D eigenvalue weighted by Crippen LogP contribution is -2.40. The summed E-state index contributed by atoms with van der Waals surface area (Å²) >= 11 is 0. The molecule has 0 aromatic heterocycles. The first kappa shape index (κ1) is 14.9. The molecule has 0 unspecified atom stereocenters. The predicted molar refractivity (Wildman–Crippen MR) is 86.0 cm³/mol. The summed E-state index contributed by atoms with van der Waals surface area (Å²) in [6.45, 7) is 3.12. The highest BCUT2D eigenvalue weighted by atomic mass is 16.5. The van der Waals surface area contributed by atoms with Crippen LogP contribution in [0, 0.1) is 0 Å². The van der Waals surface area contributed by atoms with Gasteiger partial charge in [0.25, 0.3) is 5.91 Å². The highest BCUT2D eigenvalue weighted by Crippen LogP contribution is 2.21. The summed E-state index contributed by atoms with van der Waals surface area (Å²) in [6, 6.07) is 13.9. The van der Waals surface area contributed by atoms with E-state index in [1.54, 1.807) is 6.92 Å². The van der Waals surface area contributed by atoms with Gasteiger partial charge in [-0.15, -0.1) is 0 Å². The third-order valence-electron chi connectivity index (χ3n) is 3.93. The minimum Gasteiger partial charge on any atom is -0.481 e. The van der Waals surface area contributed by atoms with E-state index in [4.69, 9.17) is 9.47 Å². The molecule has 4 nitrogen and oxygen atoms in total. The normalized spacial score (nSPS) is 19.0.